The Hall–Kier alpha value is -2.15. The van der Waals surface area contributed by atoms with Gasteiger partial charge in [-0.05, 0) is 30.4 Å². The van der Waals surface area contributed by atoms with E-state index in [1.807, 2.05) is 11.8 Å². The van der Waals surface area contributed by atoms with E-state index in [0.717, 1.165) is 17.9 Å². The molecule has 108 valence electrons. The van der Waals surface area contributed by atoms with Gasteiger partial charge in [0.1, 0.15) is 11.7 Å². The molecular weight excluding hydrogens is 288 g/mol. The van der Waals surface area contributed by atoms with Crippen LogP contribution >= 0.6 is 11.8 Å². The van der Waals surface area contributed by atoms with Crippen molar-refractivity contribution in [2.24, 2.45) is 0 Å². The lowest BCUT2D eigenvalue weighted by molar-refractivity contribution is 0.101. The van der Waals surface area contributed by atoms with Crippen LogP contribution in [0.25, 0.3) is 0 Å². The molecule has 1 N–H and O–H groups in total. The highest BCUT2D eigenvalue weighted by molar-refractivity contribution is 7.99. The van der Waals surface area contributed by atoms with Crippen LogP contribution in [0.4, 0.5) is 5.95 Å². The van der Waals surface area contributed by atoms with Crippen molar-refractivity contribution in [2.75, 3.05) is 16.8 Å². The molecule has 1 atom stereocenters. The van der Waals surface area contributed by atoms with Crippen molar-refractivity contribution in [1.29, 1.82) is 0 Å². The number of carbonyl (C=O) groups excluding carboxylic acids is 1. The van der Waals surface area contributed by atoms with Gasteiger partial charge in [0.15, 0.2) is 0 Å². The Morgan fingerprint density at radius 3 is 2.81 bits per heavy atom. The Labute approximate surface area is 126 Å². The Balaban J connectivity index is 1.76. The zero-order valence-electron chi connectivity index (χ0n) is 11.2. The van der Waals surface area contributed by atoms with Crippen LogP contribution in [-0.4, -0.2) is 38.5 Å². The van der Waals surface area contributed by atoms with Gasteiger partial charge in [-0.25, -0.2) is 15.0 Å². The number of nitrogens with zero attached hydrogens (tertiary/aromatic N) is 3. The number of anilines is 1. The molecule has 21 heavy (non-hydrogen) atoms. The summed E-state index contributed by atoms with van der Waals surface area (Å²) in [5, 5.41) is 2.64. The van der Waals surface area contributed by atoms with Crippen molar-refractivity contribution in [2.45, 2.75) is 12.5 Å². The van der Waals surface area contributed by atoms with Gasteiger partial charge in [0.2, 0.25) is 11.8 Å². The fraction of sp³-hybridized carbons (Fsp3) is 0.286. The second kappa shape index (κ2) is 6.53. The molecule has 3 rings (SSSR count). The first-order valence-electron chi connectivity index (χ1n) is 6.61. The second-order valence-electron chi connectivity index (χ2n) is 4.49. The summed E-state index contributed by atoms with van der Waals surface area (Å²) in [6, 6.07) is 5.08. The minimum Gasteiger partial charge on any atom is -0.473 e. The quantitative estimate of drug-likeness (QED) is 0.931. The van der Waals surface area contributed by atoms with Crippen molar-refractivity contribution in [3.63, 3.8) is 0 Å². The lowest BCUT2D eigenvalue weighted by Crippen LogP contribution is -2.20. The third-order valence-corrected chi connectivity index (χ3v) is 4.10. The maximum absolute atomic E-state index is 12.3. The van der Waals surface area contributed by atoms with Crippen molar-refractivity contribution in [1.82, 2.24) is 15.0 Å². The molecule has 0 aliphatic carbocycles. The first kappa shape index (κ1) is 13.8. The number of carbonyl (C=O) groups is 1. The number of hydrogen-bond acceptors (Lipinski definition) is 6. The van der Waals surface area contributed by atoms with E-state index in [9.17, 15) is 4.79 Å². The summed E-state index contributed by atoms with van der Waals surface area (Å²) in [7, 11) is 0. The number of hydrogen-bond donors (Lipinski definition) is 1. The van der Waals surface area contributed by atoms with Crippen LogP contribution in [0.3, 0.4) is 0 Å². The van der Waals surface area contributed by atoms with Crippen molar-refractivity contribution in [3.8, 4) is 5.88 Å². The van der Waals surface area contributed by atoms with Gasteiger partial charge in [-0.1, -0.05) is 0 Å². The average Bonchev–Trinajstić information content (AvgIpc) is 3.02. The summed E-state index contributed by atoms with van der Waals surface area (Å²) in [6.07, 6.45) is 5.85. The van der Waals surface area contributed by atoms with Crippen LogP contribution in [0.1, 0.15) is 16.8 Å². The highest BCUT2D eigenvalue weighted by atomic mass is 32.2. The van der Waals surface area contributed by atoms with Crippen molar-refractivity contribution < 1.29 is 9.53 Å². The van der Waals surface area contributed by atoms with E-state index in [0.29, 0.717) is 11.4 Å². The number of aromatic nitrogens is 3. The number of pyridine rings is 1. The Bertz CT molecular complexity index is 617. The topological polar surface area (TPSA) is 77.0 Å². The minimum atomic E-state index is -0.324. The standard InChI is InChI=1S/C14H14N4O2S/c19-12(18-14-16-6-2-7-17-14)11-3-1-5-15-13(11)20-10-4-8-21-9-10/h1-3,5-7,10H,4,8-9H2,(H,16,17,18,19). The largest absolute Gasteiger partial charge is 0.473 e. The van der Waals surface area contributed by atoms with E-state index in [1.54, 1.807) is 36.8 Å². The van der Waals surface area contributed by atoms with Crippen LogP contribution in [0.2, 0.25) is 0 Å². The summed E-state index contributed by atoms with van der Waals surface area (Å²) in [4.78, 5) is 24.4. The fourth-order valence-electron chi connectivity index (χ4n) is 1.95. The van der Waals surface area contributed by atoms with Gasteiger partial charge in [-0.15, -0.1) is 0 Å². The van der Waals surface area contributed by atoms with Crippen LogP contribution in [0, 0.1) is 0 Å². The molecule has 1 amide bonds. The van der Waals surface area contributed by atoms with Crippen molar-refractivity contribution in [3.05, 3.63) is 42.4 Å². The zero-order chi connectivity index (χ0) is 14.5. The van der Waals surface area contributed by atoms with E-state index in [-0.39, 0.29) is 18.0 Å². The molecule has 3 heterocycles. The third kappa shape index (κ3) is 3.49. The smallest absolute Gasteiger partial charge is 0.263 e. The Morgan fingerprint density at radius 2 is 2.05 bits per heavy atom. The Morgan fingerprint density at radius 1 is 1.24 bits per heavy atom. The maximum Gasteiger partial charge on any atom is 0.263 e. The third-order valence-electron chi connectivity index (χ3n) is 2.97. The molecule has 1 aliphatic rings. The lowest BCUT2D eigenvalue weighted by Gasteiger charge is -2.14. The first-order chi connectivity index (χ1) is 10.3. The summed E-state index contributed by atoms with van der Waals surface area (Å²) in [6.45, 7) is 0. The molecule has 1 saturated heterocycles. The maximum atomic E-state index is 12.3. The van der Waals surface area contributed by atoms with Gasteiger partial charge in [0.05, 0.1) is 0 Å². The SMILES string of the molecule is O=C(Nc1ncccn1)c1cccnc1OC1CCSC1. The Kier molecular flexibility index (Phi) is 4.30. The number of rotatable bonds is 4. The molecule has 1 aliphatic heterocycles. The molecule has 0 bridgehead atoms. The van der Waals surface area contributed by atoms with E-state index < -0.39 is 0 Å². The average molecular weight is 302 g/mol. The van der Waals surface area contributed by atoms with Gasteiger partial charge in [-0.3, -0.25) is 10.1 Å². The predicted octanol–water partition coefficient (Wildman–Crippen LogP) is 2.01. The summed E-state index contributed by atoms with van der Waals surface area (Å²) in [5.41, 5.74) is 0.391. The molecule has 1 unspecified atom stereocenters. The predicted molar refractivity (Wildman–Crippen MR) is 80.6 cm³/mol. The molecule has 2 aromatic heterocycles. The summed E-state index contributed by atoms with van der Waals surface area (Å²) >= 11 is 1.84. The summed E-state index contributed by atoms with van der Waals surface area (Å²) in [5.74, 6) is 2.30. The molecule has 6 nitrogen and oxygen atoms in total. The zero-order valence-corrected chi connectivity index (χ0v) is 12.0. The van der Waals surface area contributed by atoms with E-state index >= 15 is 0 Å². The molecule has 0 aromatic carbocycles. The lowest BCUT2D eigenvalue weighted by atomic mass is 10.2. The van der Waals surface area contributed by atoms with Crippen LogP contribution in [0.15, 0.2) is 36.8 Å². The fourth-order valence-corrected chi connectivity index (χ4v) is 3.05. The van der Waals surface area contributed by atoms with E-state index in [1.165, 1.54) is 0 Å². The second-order valence-corrected chi connectivity index (χ2v) is 5.64. The van der Waals surface area contributed by atoms with E-state index in [4.69, 9.17) is 4.74 Å². The van der Waals surface area contributed by atoms with Crippen LogP contribution in [0.5, 0.6) is 5.88 Å². The molecule has 0 spiro atoms. The van der Waals surface area contributed by atoms with Crippen LogP contribution < -0.4 is 10.1 Å². The van der Waals surface area contributed by atoms with Gasteiger partial charge in [-0.2, -0.15) is 11.8 Å². The number of thioether (sulfide) groups is 1. The first-order valence-corrected chi connectivity index (χ1v) is 7.76. The van der Waals surface area contributed by atoms with Gasteiger partial charge < -0.3 is 4.74 Å². The van der Waals surface area contributed by atoms with Gasteiger partial charge >= 0.3 is 0 Å². The van der Waals surface area contributed by atoms with Crippen molar-refractivity contribution >= 4 is 23.6 Å². The molecule has 1 fully saturated rings. The monoisotopic (exact) mass is 302 g/mol. The number of nitrogens with one attached hydrogen (secondary N) is 1. The molecular formula is C14H14N4O2S. The highest BCUT2D eigenvalue weighted by Gasteiger charge is 2.21. The van der Waals surface area contributed by atoms with Gasteiger partial charge in [0, 0.05) is 24.3 Å². The molecule has 7 heteroatoms. The minimum absolute atomic E-state index is 0.115. The van der Waals surface area contributed by atoms with E-state index in [2.05, 4.69) is 20.3 Å². The molecule has 2 aromatic rings. The van der Waals surface area contributed by atoms with Gasteiger partial charge in [0.25, 0.3) is 5.91 Å². The normalized spacial score (nSPS) is 17.4. The molecule has 0 saturated carbocycles. The molecule has 0 radical (unpaired) electrons. The summed E-state index contributed by atoms with van der Waals surface area (Å²) < 4.78 is 5.83. The number of ether oxygens (including phenoxy) is 1. The highest BCUT2D eigenvalue weighted by Crippen LogP contribution is 2.24. The number of amides is 1. The van der Waals surface area contributed by atoms with Crippen LogP contribution in [-0.2, 0) is 0 Å².